The van der Waals surface area contributed by atoms with Gasteiger partial charge in [-0.15, -0.1) is 12.4 Å². The number of hydrogen-bond acceptors (Lipinski definition) is 4. The molecule has 2 aliphatic heterocycles. The third-order valence-corrected chi connectivity index (χ3v) is 4.90. The molecule has 3 rings (SSSR count). The van der Waals surface area contributed by atoms with E-state index in [2.05, 4.69) is 17.6 Å². The Bertz CT molecular complexity index is 647. The summed E-state index contributed by atoms with van der Waals surface area (Å²) in [5.74, 6) is 0.480. The second-order valence-electron chi connectivity index (χ2n) is 7.08. The average molecular weight is 382 g/mol. The molecule has 2 fully saturated rings. The van der Waals surface area contributed by atoms with Crippen molar-refractivity contribution in [3.8, 4) is 0 Å². The molecule has 1 aromatic carbocycles. The number of benzene rings is 1. The van der Waals surface area contributed by atoms with Crippen LogP contribution in [0.1, 0.15) is 35.7 Å². The predicted octanol–water partition coefficient (Wildman–Crippen LogP) is 2.22. The first-order valence-electron chi connectivity index (χ1n) is 9.07. The van der Waals surface area contributed by atoms with Crippen LogP contribution < -0.4 is 10.6 Å². The van der Waals surface area contributed by atoms with Crippen molar-refractivity contribution in [1.82, 2.24) is 10.2 Å². The number of aryl methyl sites for hydroxylation is 1. The molecule has 0 radical (unpaired) electrons. The Balaban J connectivity index is 0.00000243. The second-order valence-corrected chi connectivity index (χ2v) is 7.08. The van der Waals surface area contributed by atoms with Crippen molar-refractivity contribution in [2.24, 2.45) is 5.92 Å². The lowest BCUT2D eigenvalue weighted by molar-refractivity contribution is -0.128. The van der Waals surface area contributed by atoms with Crippen molar-refractivity contribution in [1.29, 1.82) is 0 Å². The molecule has 2 N–H and O–H groups in total. The molecule has 2 amide bonds. The van der Waals surface area contributed by atoms with Crippen LogP contribution in [-0.2, 0) is 9.53 Å². The zero-order valence-electron chi connectivity index (χ0n) is 15.4. The summed E-state index contributed by atoms with van der Waals surface area (Å²) in [6, 6.07) is 5.46. The number of likely N-dealkylation sites (tertiary alicyclic amines) is 1. The molecule has 6 nitrogen and oxygen atoms in total. The molecular weight excluding hydrogens is 354 g/mol. The van der Waals surface area contributed by atoms with Gasteiger partial charge in [-0.25, -0.2) is 0 Å². The number of carbonyl (C=O) groups excluding carboxylic acids is 2. The zero-order valence-corrected chi connectivity index (χ0v) is 16.2. The first-order valence-corrected chi connectivity index (χ1v) is 9.07. The highest BCUT2D eigenvalue weighted by molar-refractivity contribution is 5.97. The molecule has 0 aliphatic carbocycles. The average Bonchev–Trinajstić information content (AvgIpc) is 2.63. The van der Waals surface area contributed by atoms with Gasteiger partial charge >= 0.3 is 0 Å². The van der Waals surface area contributed by atoms with Crippen LogP contribution in [0.15, 0.2) is 18.2 Å². The third kappa shape index (κ3) is 4.96. The van der Waals surface area contributed by atoms with Crippen LogP contribution in [0.25, 0.3) is 0 Å². The number of ether oxygens (including phenoxy) is 1. The minimum Gasteiger partial charge on any atom is -0.366 e. The number of nitrogens with zero attached hydrogens (tertiary/aromatic N) is 1. The van der Waals surface area contributed by atoms with Crippen LogP contribution in [0.5, 0.6) is 0 Å². The fraction of sp³-hybridized carbons (Fsp3) is 0.579. The van der Waals surface area contributed by atoms with Crippen LogP contribution in [-0.4, -0.2) is 55.6 Å². The molecule has 0 spiro atoms. The van der Waals surface area contributed by atoms with Crippen molar-refractivity contribution < 1.29 is 14.3 Å². The van der Waals surface area contributed by atoms with E-state index < -0.39 is 6.10 Å². The van der Waals surface area contributed by atoms with Crippen LogP contribution in [0.2, 0.25) is 0 Å². The summed E-state index contributed by atoms with van der Waals surface area (Å²) in [5.41, 5.74) is 2.29. The zero-order chi connectivity index (χ0) is 17.8. The van der Waals surface area contributed by atoms with Crippen molar-refractivity contribution in [3.05, 3.63) is 29.3 Å². The fourth-order valence-electron chi connectivity index (χ4n) is 3.44. The number of nitrogens with one attached hydrogen (secondary N) is 2. The number of anilines is 1. The van der Waals surface area contributed by atoms with E-state index in [1.807, 2.05) is 24.0 Å². The SMILES string of the molecule is Cc1cc(C(=O)N2CCCC(C)C2)ccc1NC(=O)C1CNCCO1.Cl. The third-order valence-electron chi connectivity index (χ3n) is 4.90. The number of hydrogen-bond donors (Lipinski definition) is 2. The van der Waals surface area contributed by atoms with E-state index in [4.69, 9.17) is 4.74 Å². The number of amides is 2. The van der Waals surface area contributed by atoms with Gasteiger partial charge in [0, 0.05) is 37.4 Å². The summed E-state index contributed by atoms with van der Waals surface area (Å²) in [4.78, 5) is 26.9. The van der Waals surface area contributed by atoms with Crippen LogP contribution in [0, 0.1) is 12.8 Å². The minimum absolute atomic E-state index is 0. The minimum atomic E-state index is -0.468. The van der Waals surface area contributed by atoms with Crippen molar-refractivity contribution >= 4 is 29.9 Å². The smallest absolute Gasteiger partial charge is 0.254 e. The van der Waals surface area contributed by atoms with Gasteiger partial charge in [0.25, 0.3) is 11.8 Å². The van der Waals surface area contributed by atoms with Gasteiger partial charge in [0.1, 0.15) is 6.10 Å². The van der Waals surface area contributed by atoms with E-state index in [1.165, 1.54) is 6.42 Å². The Kier molecular flexibility index (Phi) is 7.43. The molecule has 1 aromatic rings. The van der Waals surface area contributed by atoms with Gasteiger partial charge in [0.05, 0.1) is 6.61 Å². The molecule has 0 bridgehead atoms. The van der Waals surface area contributed by atoms with Gasteiger partial charge in [-0.2, -0.15) is 0 Å². The Morgan fingerprint density at radius 1 is 1.35 bits per heavy atom. The molecule has 2 aliphatic rings. The summed E-state index contributed by atoms with van der Waals surface area (Å²) in [5, 5.41) is 6.05. The molecule has 26 heavy (non-hydrogen) atoms. The fourth-order valence-corrected chi connectivity index (χ4v) is 3.44. The Labute approximate surface area is 161 Å². The summed E-state index contributed by atoms with van der Waals surface area (Å²) in [7, 11) is 0. The van der Waals surface area contributed by atoms with Gasteiger partial charge in [0.2, 0.25) is 0 Å². The molecule has 7 heteroatoms. The van der Waals surface area contributed by atoms with Crippen LogP contribution in [0.4, 0.5) is 5.69 Å². The van der Waals surface area contributed by atoms with Gasteiger partial charge in [-0.3, -0.25) is 9.59 Å². The van der Waals surface area contributed by atoms with Crippen molar-refractivity contribution in [2.45, 2.75) is 32.8 Å². The Morgan fingerprint density at radius 3 is 2.81 bits per heavy atom. The Hall–Kier alpha value is -1.63. The van der Waals surface area contributed by atoms with Crippen molar-refractivity contribution in [2.75, 3.05) is 38.1 Å². The lowest BCUT2D eigenvalue weighted by Crippen LogP contribution is -2.45. The van der Waals surface area contributed by atoms with Gasteiger partial charge in [0.15, 0.2) is 0 Å². The van der Waals surface area contributed by atoms with E-state index in [1.54, 1.807) is 6.07 Å². The molecule has 2 heterocycles. The first-order chi connectivity index (χ1) is 12.0. The molecule has 2 unspecified atom stereocenters. The molecular formula is C19H28ClN3O3. The lowest BCUT2D eigenvalue weighted by atomic mass is 9.99. The summed E-state index contributed by atoms with van der Waals surface area (Å²) in [6.45, 7) is 7.58. The van der Waals surface area contributed by atoms with Crippen LogP contribution in [0.3, 0.4) is 0 Å². The number of morpholine rings is 1. The van der Waals surface area contributed by atoms with Gasteiger partial charge in [-0.05, 0) is 49.4 Å². The van der Waals surface area contributed by atoms with E-state index in [0.29, 0.717) is 24.6 Å². The quantitative estimate of drug-likeness (QED) is 0.842. The van der Waals surface area contributed by atoms with E-state index in [9.17, 15) is 9.59 Å². The maximum atomic E-state index is 12.7. The molecule has 0 saturated carbocycles. The van der Waals surface area contributed by atoms with Crippen LogP contribution >= 0.6 is 12.4 Å². The normalized spacial score (nSPS) is 23.1. The highest BCUT2D eigenvalue weighted by atomic mass is 35.5. The summed E-state index contributed by atoms with van der Waals surface area (Å²) < 4.78 is 5.47. The van der Waals surface area contributed by atoms with Crippen molar-refractivity contribution in [3.63, 3.8) is 0 Å². The monoisotopic (exact) mass is 381 g/mol. The summed E-state index contributed by atoms with van der Waals surface area (Å²) in [6.07, 6.45) is 1.78. The van der Waals surface area contributed by atoms with Gasteiger partial charge in [-0.1, -0.05) is 6.92 Å². The molecule has 0 aromatic heterocycles. The predicted molar refractivity (Wildman–Crippen MR) is 104 cm³/mol. The number of carbonyl (C=O) groups is 2. The standard InChI is InChI=1S/C19H27N3O3.ClH/c1-13-4-3-8-22(12-13)19(24)15-5-6-16(14(2)10-15)21-18(23)17-11-20-7-9-25-17;/h5-6,10,13,17,20H,3-4,7-9,11-12H2,1-2H3,(H,21,23);1H. The largest absolute Gasteiger partial charge is 0.366 e. The highest BCUT2D eigenvalue weighted by Gasteiger charge is 2.24. The number of halogens is 1. The topological polar surface area (TPSA) is 70.7 Å². The van der Waals surface area contributed by atoms with E-state index >= 15 is 0 Å². The maximum Gasteiger partial charge on any atom is 0.254 e. The molecule has 144 valence electrons. The first kappa shape index (κ1) is 20.7. The number of rotatable bonds is 3. The van der Waals surface area contributed by atoms with E-state index in [-0.39, 0.29) is 24.2 Å². The Morgan fingerprint density at radius 2 is 2.15 bits per heavy atom. The number of piperidine rings is 1. The molecule has 2 atom stereocenters. The van der Waals surface area contributed by atoms with E-state index in [0.717, 1.165) is 37.3 Å². The maximum absolute atomic E-state index is 12.7. The van der Waals surface area contributed by atoms with Gasteiger partial charge < -0.3 is 20.3 Å². The molecule has 2 saturated heterocycles. The lowest BCUT2D eigenvalue weighted by Gasteiger charge is -2.31. The summed E-state index contributed by atoms with van der Waals surface area (Å²) >= 11 is 0. The highest BCUT2D eigenvalue weighted by Crippen LogP contribution is 2.21. The second kappa shape index (κ2) is 9.35.